The molecule has 0 aromatic heterocycles. The molecule has 0 radical (unpaired) electrons. The zero-order chi connectivity index (χ0) is 11.2. The topological polar surface area (TPSA) is 0 Å². The molecule has 0 saturated heterocycles. The van der Waals surface area contributed by atoms with Crippen molar-refractivity contribution in [3.05, 3.63) is 69.3 Å². The number of benzene rings is 2. The van der Waals surface area contributed by atoms with Crippen molar-refractivity contribution in [2.45, 2.75) is 11.5 Å². The van der Waals surface area contributed by atoms with E-state index in [0.717, 1.165) is 11.5 Å². The molecule has 16 heavy (non-hydrogen) atoms. The molecule has 0 bridgehead atoms. The fraction of sp³-hybridized carbons (Fsp3) is 0.143. The molecular formula is C14H13IS. The molecule has 2 heteroatoms. The summed E-state index contributed by atoms with van der Waals surface area (Å²) in [6.45, 7) is 0. The van der Waals surface area contributed by atoms with Crippen LogP contribution in [0.3, 0.4) is 0 Å². The van der Waals surface area contributed by atoms with Crippen molar-refractivity contribution in [1.82, 2.24) is 0 Å². The van der Waals surface area contributed by atoms with Crippen LogP contribution in [0.5, 0.6) is 0 Å². The second kappa shape index (κ2) is 6.30. The van der Waals surface area contributed by atoms with Gasteiger partial charge in [-0.1, -0.05) is 48.5 Å². The molecule has 0 amide bonds. The van der Waals surface area contributed by atoms with E-state index >= 15 is 0 Å². The van der Waals surface area contributed by atoms with E-state index in [0.29, 0.717) is 0 Å². The molecule has 2 aromatic rings. The third-order valence-corrected chi connectivity index (χ3v) is 4.43. The lowest BCUT2D eigenvalue weighted by atomic mass is 10.2. The van der Waals surface area contributed by atoms with E-state index in [1.54, 1.807) is 0 Å². The SMILES string of the molecule is Ic1ccccc1CSCc1ccccc1. The Labute approximate surface area is 115 Å². The highest BCUT2D eigenvalue weighted by molar-refractivity contribution is 14.1. The van der Waals surface area contributed by atoms with Crippen LogP contribution in [-0.4, -0.2) is 0 Å². The summed E-state index contributed by atoms with van der Waals surface area (Å²) in [5.74, 6) is 2.18. The van der Waals surface area contributed by atoms with Crippen molar-refractivity contribution in [3.8, 4) is 0 Å². The average molecular weight is 340 g/mol. The first kappa shape index (κ1) is 12.0. The van der Waals surface area contributed by atoms with Gasteiger partial charge in [0.25, 0.3) is 0 Å². The molecule has 0 atom stereocenters. The minimum absolute atomic E-state index is 1.09. The predicted octanol–water partition coefficient (Wildman–Crippen LogP) is 4.72. The largest absolute Gasteiger partial charge is 0.152 e. The van der Waals surface area contributed by atoms with Gasteiger partial charge in [0.2, 0.25) is 0 Å². The van der Waals surface area contributed by atoms with Gasteiger partial charge in [-0.25, -0.2) is 0 Å². The Morgan fingerprint density at radius 2 is 1.50 bits per heavy atom. The highest BCUT2D eigenvalue weighted by Gasteiger charge is 1.98. The third-order valence-electron chi connectivity index (χ3n) is 2.33. The highest BCUT2D eigenvalue weighted by atomic mass is 127. The lowest BCUT2D eigenvalue weighted by Crippen LogP contribution is -1.86. The zero-order valence-electron chi connectivity index (χ0n) is 8.90. The molecule has 0 spiro atoms. The fourth-order valence-electron chi connectivity index (χ4n) is 1.47. The molecule has 0 nitrogen and oxygen atoms in total. The average Bonchev–Trinajstić information content (AvgIpc) is 2.33. The normalized spacial score (nSPS) is 10.3. The van der Waals surface area contributed by atoms with Gasteiger partial charge in [-0.3, -0.25) is 0 Å². The molecular weight excluding hydrogens is 327 g/mol. The van der Waals surface area contributed by atoms with E-state index < -0.39 is 0 Å². The molecule has 0 N–H and O–H groups in total. The summed E-state index contributed by atoms with van der Waals surface area (Å²) in [5.41, 5.74) is 2.84. The van der Waals surface area contributed by atoms with Gasteiger partial charge < -0.3 is 0 Å². The van der Waals surface area contributed by atoms with Crippen molar-refractivity contribution in [2.75, 3.05) is 0 Å². The van der Waals surface area contributed by atoms with Crippen LogP contribution < -0.4 is 0 Å². The maximum absolute atomic E-state index is 2.40. The Kier molecular flexibility index (Phi) is 4.72. The van der Waals surface area contributed by atoms with Gasteiger partial charge in [-0.2, -0.15) is 11.8 Å². The summed E-state index contributed by atoms with van der Waals surface area (Å²) in [6, 6.07) is 19.2. The summed E-state index contributed by atoms with van der Waals surface area (Å²) < 4.78 is 1.36. The molecule has 0 aliphatic rings. The van der Waals surface area contributed by atoms with Gasteiger partial charge in [0.15, 0.2) is 0 Å². The Balaban J connectivity index is 1.87. The molecule has 0 saturated carbocycles. The molecule has 82 valence electrons. The number of hydrogen-bond donors (Lipinski definition) is 0. The first-order chi connectivity index (χ1) is 7.86. The van der Waals surface area contributed by atoms with Crippen LogP contribution >= 0.6 is 34.4 Å². The highest BCUT2D eigenvalue weighted by Crippen LogP contribution is 2.21. The van der Waals surface area contributed by atoms with Gasteiger partial charge in [-0.05, 0) is 39.8 Å². The van der Waals surface area contributed by atoms with Crippen LogP contribution in [0, 0.1) is 3.57 Å². The molecule has 2 rings (SSSR count). The van der Waals surface area contributed by atoms with Gasteiger partial charge in [-0.15, -0.1) is 0 Å². The Morgan fingerprint density at radius 1 is 0.812 bits per heavy atom. The van der Waals surface area contributed by atoms with Crippen molar-refractivity contribution in [3.63, 3.8) is 0 Å². The smallest absolute Gasteiger partial charge is 0.0198 e. The van der Waals surface area contributed by atoms with Crippen LogP contribution in [0.2, 0.25) is 0 Å². The molecule has 0 unspecified atom stereocenters. The maximum Gasteiger partial charge on any atom is 0.0198 e. The molecule has 0 fully saturated rings. The second-order valence-electron chi connectivity index (χ2n) is 3.57. The van der Waals surface area contributed by atoms with E-state index in [1.165, 1.54) is 14.7 Å². The first-order valence-electron chi connectivity index (χ1n) is 5.21. The van der Waals surface area contributed by atoms with E-state index in [1.807, 2.05) is 11.8 Å². The standard InChI is InChI=1S/C14H13IS/c15-14-9-5-4-8-13(14)11-16-10-12-6-2-1-3-7-12/h1-9H,10-11H2. The summed E-state index contributed by atoms with van der Waals surface area (Å²) in [5, 5.41) is 0. The fourth-order valence-corrected chi connectivity index (χ4v) is 3.31. The van der Waals surface area contributed by atoms with Crippen LogP contribution in [0.4, 0.5) is 0 Å². The van der Waals surface area contributed by atoms with Gasteiger partial charge in [0.05, 0.1) is 0 Å². The third kappa shape index (κ3) is 3.52. The summed E-state index contributed by atoms with van der Waals surface area (Å²) in [6.07, 6.45) is 0. The Bertz CT molecular complexity index is 439. The van der Waals surface area contributed by atoms with E-state index in [2.05, 4.69) is 77.2 Å². The molecule has 0 heterocycles. The van der Waals surface area contributed by atoms with Crippen molar-refractivity contribution >= 4 is 34.4 Å². The van der Waals surface area contributed by atoms with Crippen LogP contribution in [-0.2, 0) is 11.5 Å². The maximum atomic E-state index is 2.40. The lowest BCUT2D eigenvalue weighted by Gasteiger charge is -2.04. The Hall–Kier alpha value is -0.480. The van der Waals surface area contributed by atoms with Gasteiger partial charge >= 0.3 is 0 Å². The van der Waals surface area contributed by atoms with Gasteiger partial charge in [0, 0.05) is 15.1 Å². The second-order valence-corrected chi connectivity index (χ2v) is 5.72. The number of hydrogen-bond acceptors (Lipinski definition) is 1. The molecule has 2 aromatic carbocycles. The predicted molar refractivity (Wildman–Crippen MR) is 80.6 cm³/mol. The van der Waals surface area contributed by atoms with E-state index in [-0.39, 0.29) is 0 Å². The van der Waals surface area contributed by atoms with Crippen molar-refractivity contribution < 1.29 is 0 Å². The van der Waals surface area contributed by atoms with E-state index in [4.69, 9.17) is 0 Å². The number of thioether (sulfide) groups is 1. The quantitative estimate of drug-likeness (QED) is 0.726. The number of rotatable bonds is 4. The lowest BCUT2D eigenvalue weighted by molar-refractivity contribution is 1.34. The van der Waals surface area contributed by atoms with Crippen molar-refractivity contribution in [2.24, 2.45) is 0 Å². The summed E-state index contributed by atoms with van der Waals surface area (Å²) in [7, 11) is 0. The minimum Gasteiger partial charge on any atom is -0.152 e. The van der Waals surface area contributed by atoms with Crippen molar-refractivity contribution in [1.29, 1.82) is 0 Å². The van der Waals surface area contributed by atoms with E-state index in [9.17, 15) is 0 Å². The van der Waals surface area contributed by atoms with Crippen LogP contribution in [0.15, 0.2) is 54.6 Å². The zero-order valence-corrected chi connectivity index (χ0v) is 11.9. The monoisotopic (exact) mass is 340 g/mol. The number of halogens is 1. The van der Waals surface area contributed by atoms with Crippen LogP contribution in [0.1, 0.15) is 11.1 Å². The summed E-state index contributed by atoms with van der Waals surface area (Å²) in [4.78, 5) is 0. The minimum atomic E-state index is 1.09. The summed E-state index contributed by atoms with van der Waals surface area (Å²) >= 11 is 4.37. The van der Waals surface area contributed by atoms with Gasteiger partial charge in [0.1, 0.15) is 0 Å². The molecule has 0 aliphatic heterocycles. The first-order valence-corrected chi connectivity index (χ1v) is 7.44. The van der Waals surface area contributed by atoms with Crippen LogP contribution in [0.25, 0.3) is 0 Å². The Morgan fingerprint density at radius 3 is 2.25 bits per heavy atom. The molecule has 0 aliphatic carbocycles.